The third kappa shape index (κ3) is 1.53. The Morgan fingerprint density at radius 2 is 2.07 bits per heavy atom. The zero-order valence-electron chi connectivity index (χ0n) is 8.91. The largest absolute Gasteiger partial charge is 0.396 e. The number of anilines is 2. The first-order valence-electron chi connectivity index (χ1n) is 4.75. The van der Waals surface area contributed by atoms with Gasteiger partial charge in [-0.2, -0.15) is 5.26 Å². The van der Waals surface area contributed by atoms with Gasteiger partial charge in [0.05, 0.1) is 5.69 Å². The first kappa shape index (κ1) is 10.5. The zero-order valence-corrected chi connectivity index (χ0v) is 8.91. The summed E-state index contributed by atoms with van der Waals surface area (Å²) in [6.07, 6.45) is 0. The standard InChI is InChI=1S/C10H16N4/c1-4-14(5-2)10-9(12)6-8(7-11)13(10)3/h6H,4-5,12H2,1-3H3. The molecule has 0 atom stereocenters. The fourth-order valence-electron chi connectivity index (χ4n) is 1.64. The van der Waals surface area contributed by atoms with Gasteiger partial charge in [0.2, 0.25) is 0 Å². The van der Waals surface area contributed by atoms with Crippen LogP contribution in [0.25, 0.3) is 0 Å². The number of aromatic nitrogens is 1. The van der Waals surface area contributed by atoms with Crippen molar-refractivity contribution in [2.75, 3.05) is 23.7 Å². The number of nitrogens with two attached hydrogens (primary N) is 1. The molecule has 0 aromatic carbocycles. The summed E-state index contributed by atoms with van der Waals surface area (Å²) in [6.45, 7) is 5.93. The third-order valence-electron chi connectivity index (χ3n) is 2.41. The van der Waals surface area contributed by atoms with Crippen molar-refractivity contribution in [1.29, 1.82) is 5.26 Å². The highest BCUT2D eigenvalue weighted by Crippen LogP contribution is 2.26. The summed E-state index contributed by atoms with van der Waals surface area (Å²) in [6, 6.07) is 3.83. The third-order valence-corrected chi connectivity index (χ3v) is 2.41. The molecule has 4 heteroatoms. The van der Waals surface area contributed by atoms with Gasteiger partial charge < -0.3 is 15.2 Å². The molecule has 0 unspecified atom stereocenters. The SMILES string of the molecule is CCN(CC)c1c(N)cc(C#N)n1C. The van der Waals surface area contributed by atoms with Crippen LogP contribution in [0.1, 0.15) is 19.5 Å². The quantitative estimate of drug-likeness (QED) is 0.785. The normalized spacial score (nSPS) is 9.86. The van der Waals surface area contributed by atoms with Gasteiger partial charge in [0.1, 0.15) is 17.6 Å². The molecule has 1 rings (SSSR count). The highest BCUT2D eigenvalue weighted by Gasteiger charge is 2.14. The molecule has 0 saturated heterocycles. The summed E-state index contributed by atoms with van der Waals surface area (Å²) in [5.41, 5.74) is 7.13. The summed E-state index contributed by atoms with van der Waals surface area (Å²) >= 11 is 0. The van der Waals surface area contributed by atoms with Crippen molar-refractivity contribution in [2.45, 2.75) is 13.8 Å². The molecule has 14 heavy (non-hydrogen) atoms. The van der Waals surface area contributed by atoms with E-state index < -0.39 is 0 Å². The van der Waals surface area contributed by atoms with E-state index in [-0.39, 0.29) is 0 Å². The van der Waals surface area contributed by atoms with Crippen LogP contribution in [0.2, 0.25) is 0 Å². The van der Waals surface area contributed by atoms with Gasteiger partial charge in [0, 0.05) is 20.1 Å². The maximum atomic E-state index is 8.84. The van der Waals surface area contributed by atoms with E-state index in [0.29, 0.717) is 11.4 Å². The van der Waals surface area contributed by atoms with Crippen LogP contribution in [0.5, 0.6) is 0 Å². The fourth-order valence-corrected chi connectivity index (χ4v) is 1.64. The van der Waals surface area contributed by atoms with Gasteiger partial charge in [0.15, 0.2) is 0 Å². The molecule has 0 amide bonds. The molecule has 0 radical (unpaired) electrons. The Kier molecular flexibility index (Phi) is 3.03. The van der Waals surface area contributed by atoms with Crippen LogP contribution in [0.4, 0.5) is 11.5 Å². The lowest BCUT2D eigenvalue weighted by atomic mass is 10.4. The van der Waals surface area contributed by atoms with Crippen LogP contribution in [0.15, 0.2) is 6.07 Å². The van der Waals surface area contributed by atoms with Crippen molar-refractivity contribution in [3.8, 4) is 6.07 Å². The molecule has 0 aliphatic heterocycles. The Labute approximate surface area is 84.5 Å². The average molecular weight is 192 g/mol. The van der Waals surface area contributed by atoms with Gasteiger partial charge in [-0.1, -0.05) is 0 Å². The molecule has 0 bridgehead atoms. The monoisotopic (exact) mass is 192 g/mol. The van der Waals surface area contributed by atoms with E-state index in [1.165, 1.54) is 0 Å². The lowest BCUT2D eigenvalue weighted by Crippen LogP contribution is -2.25. The second-order valence-corrected chi connectivity index (χ2v) is 3.15. The molecular weight excluding hydrogens is 176 g/mol. The molecule has 1 aromatic heterocycles. The Morgan fingerprint density at radius 3 is 2.43 bits per heavy atom. The highest BCUT2D eigenvalue weighted by atomic mass is 15.2. The second kappa shape index (κ2) is 4.05. The van der Waals surface area contributed by atoms with E-state index in [0.717, 1.165) is 18.9 Å². The van der Waals surface area contributed by atoms with Gasteiger partial charge in [-0.3, -0.25) is 0 Å². The molecule has 4 nitrogen and oxygen atoms in total. The van der Waals surface area contributed by atoms with Crippen LogP contribution in [-0.2, 0) is 7.05 Å². The van der Waals surface area contributed by atoms with Crippen molar-refractivity contribution in [2.24, 2.45) is 7.05 Å². The summed E-state index contributed by atoms with van der Waals surface area (Å²) in [5, 5.41) is 8.84. The molecular formula is C10H16N4. The minimum Gasteiger partial charge on any atom is -0.396 e. The van der Waals surface area contributed by atoms with E-state index in [1.807, 2.05) is 11.6 Å². The summed E-state index contributed by atoms with van der Waals surface area (Å²) in [5.74, 6) is 0.937. The molecule has 1 aromatic rings. The van der Waals surface area contributed by atoms with Crippen LogP contribution in [0, 0.1) is 11.3 Å². The molecule has 0 fully saturated rings. The maximum absolute atomic E-state index is 8.84. The Morgan fingerprint density at radius 1 is 1.50 bits per heavy atom. The molecule has 0 spiro atoms. The second-order valence-electron chi connectivity index (χ2n) is 3.15. The smallest absolute Gasteiger partial charge is 0.132 e. The summed E-state index contributed by atoms with van der Waals surface area (Å²) < 4.78 is 1.84. The van der Waals surface area contributed by atoms with Crippen molar-refractivity contribution < 1.29 is 0 Å². The van der Waals surface area contributed by atoms with Crippen molar-refractivity contribution in [3.63, 3.8) is 0 Å². The summed E-state index contributed by atoms with van der Waals surface area (Å²) in [4.78, 5) is 2.14. The predicted molar refractivity (Wildman–Crippen MR) is 58.1 cm³/mol. The lowest BCUT2D eigenvalue weighted by molar-refractivity contribution is 0.790. The van der Waals surface area contributed by atoms with Gasteiger partial charge in [-0.25, -0.2) is 0 Å². The molecule has 0 aliphatic rings. The van der Waals surface area contributed by atoms with Crippen molar-refractivity contribution >= 4 is 11.5 Å². The molecule has 1 heterocycles. The van der Waals surface area contributed by atoms with Gasteiger partial charge in [-0.15, -0.1) is 0 Å². The number of rotatable bonds is 3. The molecule has 2 N–H and O–H groups in total. The predicted octanol–water partition coefficient (Wildman–Crippen LogP) is 1.33. The van der Waals surface area contributed by atoms with Crippen molar-refractivity contribution in [1.82, 2.24) is 4.57 Å². The van der Waals surface area contributed by atoms with Crippen molar-refractivity contribution in [3.05, 3.63) is 11.8 Å². The Bertz CT molecular complexity index is 355. The fraction of sp³-hybridized carbons (Fsp3) is 0.500. The van der Waals surface area contributed by atoms with Crippen LogP contribution < -0.4 is 10.6 Å². The van der Waals surface area contributed by atoms with Crippen LogP contribution in [0.3, 0.4) is 0 Å². The number of hydrogen-bond donors (Lipinski definition) is 1. The minimum absolute atomic E-state index is 0.601. The summed E-state index contributed by atoms with van der Waals surface area (Å²) in [7, 11) is 1.86. The lowest BCUT2D eigenvalue weighted by Gasteiger charge is -2.22. The van der Waals surface area contributed by atoms with Gasteiger partial charge in [-0.05, 0) is 19.9 Å². The Hall–Kier alpha value is -1.63. The van der Waals surface area contributed by atoms with E-state index >= 15 is 0 Å². The van der Waals surface area contributed by atoms with E-state index in [9.17, 15) is 0 Å². The average Bonchev–Trinajstić information content (AvgIpc) is 2.46. The first-order chi connectivity index (χ1) is 6.65. The Balaban J connectivity index is 3.20. The van der Waals surface area contributed by atoms with E-state index in [2.05, 4.69) is 24.8 Å². The van der Waals surface area contributed by atoms with E-state index in [4.69, 9.17) is 11.0 Å². The highest BCUT2D eigenvalue weighted by molar-refractivity contribution is 5.67. The van der Waals surface area contributed by atoms with Crippen LogP contribution >= 0.6 is 0 Å². The number of nitrogen functional groups attached to an aromatic ring is 1. The molecule has 0 aliphatic carbocycles. The number of nitrogens with zero attached hydrogens (tertiary/aromatic N) is 3. The first-order valence-corrected chi connectivity index (χ1v) is 4.75. The number of hydrogen-bond acceptors (Lipinski definition) is 3. The van der Waals surface area contributed by atoms with Gasteiger partial charge >= 0.3 is 0 Å². The minimum atomic E-state index is 0.601. The topological polar surface area (TPSA) is 58.0 Å². The number of nitriles is 1. The van der Waals surface area contributed by atoms with Crippen LogP contribution in [-0.4, -0.2) is 17.7 Å². The molecule has 76 valence electrons. The maximum Gasteiger partial charge on any atom is 0.132 e. The van der Waals surface area contributed by atoms with Gasteiger partial charge in [0.25, 0.3) is 0 Å². The van der Waals surface area contributed by atoms with E-state index in [1.54, 1.807) is 6.07 Å². The zero-order chi connectivity index (χ0) is 10.7. The molecule has 0 saturated carbocycles.